The molecule has 0 radical (unpaired) electrons. The fraction of sp³-hybridized carbons (Fsp3) is 0.707. The zero-order valence-corrected chi connectivity index (χ0v) is 41.8. The van der Waals surface area contributed by atoms with Crippen LogP contribution in [0.25, 0.3) is 0 Å². The van der Waals surface area contributed by atoms with E-state index in [0.29, 0.717) is 19.3 Å². The van der Waals surface area contributed by atoms with E-state index >= 15 is 0 Å². The molecule has 0 N–H and O–H groups in total. The minimum atomic E-state index is -0.797. The Kier molecular flexibility index (Phi) is 49.4. The summed E-state index contributed by atoms with van der Waals surface area (Å²) >= 11 is 0. The Balaban J connectivity index is 4.46. The van der Waals surface area contributed by atoms with Gasteiger partial charge in [-0.25, -0.2) is 0 Å². The fourth-order valence-corrected chi connectivity index (χ4v) is 7.20. The van der Waals surface area contributed by atoms with Gasteiger partial charge in [0.2, 0.25) is 0 Å². The third-order valence-corrected chi connectivity index (χ3v) is 11.2. The van der Waals surface area contributed by atoms with Gasteiger partial charge >= 0.3 is 17.9 Å². The monoisotopic (exact) mass is 891 g/mol. The van der Waals surface area contributed by atoms with Crippen LogP contribution in [0.2, 0.25) is 0 Å². The van der Waals surface area contributed by atoms with E-state index < -0.39 is 6.10 Å². The third kappa shape index (κ3) is 49.6. The zero-order chi connectivity index (χ0) is 46.5. The first-order valence-corrected chi connectivity index (χ1v) is 26.7. The largest absolute Gasteiger partial charge is 0.462 e. The lowest BCUT2D eigenvalue weighted by molar-refractivity contribution is -0.167. The molecule has 0 aliphatic carbocycles. The topological polar surface area (TPSA) is 78.9 Å². The van der Waals surface area contributed by atoms with Crippen LogP contribution in [-0.2, 0) is 28.6 Å². The summed E-state index contributed by atoms with van der Waals surface area (Å²) in [6, 6.07) is 0. The highest BCUT2D eigenvalue weighted by Crippen LogP contribution is 2.14. The van der Waals surface area contributed by atoms with E-state index in [0.717, 1.165) is 96.3 Å². The average Bonchev–Trinajstić information content (AvgIpc) is 3.29. The van der Waals surface area contributed by atoms with Gasteiger partial charge in [-0.1, -0.05) is 221 Å². The molecule has 0 spiro atoms. The SMILES string of the molecule is CC\C=C/C=C\C=C/C=C\CCCCCCCC(=O)OC(COC(=O)CCCCCCC/C=C\CCCCCCCCC)COC(=O)CCCCCCCC/C=C\C=C/CCCCC. The molecule has 1 atom stereocenters. The third-order valence-electron chi connectivity index (χ3n) is 11.2. The Bertz CT molecular complexity index is 1250. The van der Waals surface area contributed by atoms with Gasteiger partial charge in [0.1, 0.15) is 13.2 Å². The molecule has 0 aliphatic rings. The van der Waals surface area contributed by atoms with E-state index in [1.807, 2.05) is 18.2 Å². The second-order valence-corrected chi connectivity index (χ2v) is 17.5. The maximum absolute atomic E-state index is 12.8. The Morgan fingerprint density at radius 1 is 0.328 bits per heavy atom. The molecule has 6 nitrogen and oxygen atoms in total. The van der Waals surface area contributed by atoms with Gasteiger partial charge in [0.25, 0.3) is 0 Å². The minimum Gasteiger partial charge on any atom is -0.462 e. The lowest BCUT2D eigenvalue weighted by Crippen LogP contribution is -2.30. The van der Waals surface area contributed by atoms with Crippen LogP contribution < -0.4 is 0 Å². The maximum atomic E-state index is 12.8. The lowest BCUT2D eigenvalue weighted by atomic mass is 10.1. The van der Waals surface area contributed by atoms with Crippen LogP contribution in [0.5, 0.6) is 0 Å². The average molecular weight is 891 g/mol. The van der Waals surface area contributed by atoms with Crippen molar-refractivity contribution in [3.63, 3.8) is 0 Å². The fourth-order valence-electron chi connectivity index (χ4n) is 7.20. The number of unbranched alkanes of at least 4 members (excludes halogenated alkanes) is 26. The van der Waals surface area contributed by atoms with Gasteiger partial charge in [-0.2, -0.15) is 0 Å². The summed E-state index contributed by atoms with van der Waals surface area (Å²) in [6.07, 6.45) is 67.0. The maximum Gasteiger partial charge on any atom is 0.306 e. The number of ether oxygens (including phenoxy) is 3. The number of hydrogen-bond donors (Lipinski definition) is 0. The number of rotatable bonds is 47. The highest BCUT2D eigenvalue weighted by atomic mass is 16.6. The van der Waals surface area contributed by atoms with Gasteiger partial charge in [-0.3, -0.25) is 14.4 Å². The first-order valence-electron chi connectivity index (χ1n) is 26.7. The standard InChI is InChI=1S/C58H98O6/c1-4-7-10-13-16-19-22-25-28-31-33-36-39-42-45-48-51-57(60)63-54-55(64-58(61)52-49-46-43-40-37-34-30-27-24-21-18-15-12-9-6-3)53-62-56(59)50-47-44-41-38-35-32-29-26-23-20-17-14-11-8-5-2/h9,12,15,17-18,20-21,23-24,26-28,30-31,55H,4-8,10-11,13-14,16,19,22,25,29,32-54H2,1-3H3/b12-9-,18-15-,20-17-,24-21-,26-23-,30-27-,31-28-. The summed E-state index contributed by atoms with van der Waals surface area (Å²) in [7, 11) is 0. The van der Waals surface area contributed by atoms with Gasteiger partial charge in [-0.05, 0) is 89.9 Å². The van der Waals surface area contributed by atoms with E-state index in [1.165, 1.54) is 109 Å². The molecular formula is C58H98O6. The first-order chi connectivity index (χ1) is 31.5. The predicted octanol–water partition coefficient (Wildman–Crippen LogP) is 17.6. The molecule has 0 heterocycles. The van der Waals surface area contributed by atoms with Crippen LogP contribution >= 0.6 is 0 Å². The Morgan fingerprint density at radius 3 is 1.05 bits per heavy atom. The molecule has 0 aliphatic heterocycles. The van der Waals surface area contributed by atoms with Crippen LogP contribution in [0.3, 0.4) is 0 Å². The molecule has 0 amide bonds. The molecule has 0 bridgehead atoms. The van der Waals surface area contributed by atoms with E-state index in [9.17, 15) is 14.4 Å². The summed E-state index contributed by atoms with van der Waals surface area (Å²) in [5, 5.41) is 0. The highest BCUT2D eigenvalue weighted by molar-refractivity contribution is 5.71. The molecule has 1 unspecified atom stereocenters. The smallest absolute Gasteiger partial charge is 0.306 e. The summed E-state index contributed by atoms with van der Waals surface area (Å²) in [5.41, 5.74) is 0. The lowest BCUT2D eigenvalue weighted by Gasteiger charge is -2.18. The molecule has 0 saturated carbocycles. The van der Waals surface area contributed by atoms with Crippen molar-refractivity contribution in [2.24, 2.45) is 0 Å². The molecule has 0 saturated heterocycles. The van der Waals surface area contributed by atoms with Crippen LogP contribution in [0, 0.1) is 0 Å². The molecule has 6 heteroatoms. The number of hydrogen-bond acceptors (Lipinski definition) is 6. The quantitative estimate of drug-likeness (QED) is 0.0199. The molecule has 0 aromatic carbocycles. The molecule has 64 heavy (non-hydrogen) atoms. The molecule has 0 aromatic heterocycles. The van der Waals surface area contributed by atoms with Gasteiger partial charge < -0.3 is 14.2 Å². The predicted molar refractivity (Wildman–Crippen MR) is 274 cm³/mol. The van der Waals surface area contributed by atoms with Crippen LogP contribution in [-0.4, -0.2) is 37.2 Å². The summed E-state index contributed by atoms with van der Waals surface area (Å²) in [5.74, 6) is -0.937. The number of carbonyl (C=O) groups excluding carboxylic acids is 3. The highest BCUT2D eigenvalue weighted by Gasteiger charge is 2.19. The van der Waals surface area contributed by atoms with Gasteiger partial charge in [0.05, 0.1) is 0 Å². The van der Waals surface area contributed by atoms with Crippen LogP contribution in [0.1, 0.15) is 245 Å². The molecule has 0 rings (SSSR count). The van der Waals surface area contributed by atoms with E-state index in [2.05, 4.69) is 87.6 Å². The molecule has 0 fully saturated rings. The summed E-state index contributed by atoms with van der Waals surface area (Å²) in [4.78, 5) is 38.0. The number of carbonyl (C=O) groups is 3. The van der Waals surface area contributed by atoms with Crippen molar-refractivity contribution in [2.45, 2.75) is 252 Å². The van der Waals surface area contributed by atoms with Crippen molar-refractivity contribution in [3.05, 3.63) is 85.1 Å². The second kappa shape index (κ2) is 52.2. The van der Waals surface area contributed by atoms with E-state index in [4.69, 9.17) is 14.2 Å². The van der Waals surface area contributed by atoms with Crippen LogP contribution in [0.15, 0.2) is 85.1 Å². The second-order valence-electron chi connectivity index (χ2n) is 17.5. The molecule has 366 valence electrons. The Morgan fingerprint density at radius 2 is 0.625 bits per heavy atom. The van der Waals surface area contributed by atoms with Crippen molar-refractivity contribution < 1.29 is 28.6 Å². The number of allylic oxidation sites excluding steroid dienone is 14. The van der Waals surface area contributed by atoms with E-state index in [-0.39, 0.29) is 31.1 Å². The van der Waals surface area contributed by atoms with Gasteiger partial charge in [0, 0.05) is 19.3 Å². The molecule has 0 aromatic rings. The van der Waals surface area contributed by atoms with Gasteiger partial charge in [-0.15, -0.1) is 0 Å². The van der Waals surface area contributed by atoms with E-state index in [1.54, 1.807) is 0 Å². The number of esters is 3. The van der Waals surface area contributed by atoms with Gasteiger partial charge in [0.15, 0.2) is 6.10 Å². The van der Waals surface area contributed by atoms with Crippen molar-refractivity contribution in [1.82, 2.24) is 0 Å². The van der Waals surface area contributed by atoms with Crippen molar-refractivity contribution in [1.29, 1.82) is 0 Å². The van der Waals surface area contributed by atoms with Crippen molar-refractivity contribution in [2.75, 3.05) is 13.2 Å². The van der Waals surface area contributed by atoms with Crippen molar-refractivity contribution >= 4 is 17.9 Å². The summed E-state index contributed by atoms with van der Waals surface area (Å²) < 4.78 is 16.8. The normalized spacial score (nSPS) is 12.7. The van der Waals surface area contributed by atoms with Crippen LogP contribution in [0.4, 0.5) is 0 Å². The zero-order valence-electron chi connectivity index (χ0n) is 41.8. The Hall–Kier alpha value is -3.41. The molecular weight excluding hydrogens is 793 g/mol. The summed E-state index contributed by atoms with van der Waals surface area (Å²) in [6.45, 7) is 6.43. The van der Waals surface area contributed by atoms with Crippen molar-refractivity contribution in [3.8, 4) is 0 Å². The minimum absolute atomic E-state index is 0.0949. The Labute approximate surface area is 395 Å². The first kappa shape index (κ1) is 60.6.